The van der Waals surface area contributed by atoms with Crippen molar-refractivity contribution in [3.05, 3.63) is 167 Å². The molecule has 1 saturated heterocycles. The summed E-state index contributed by atoms with van der Waals surface area (Å²) in [6, 6.07) is 39.1. The van der Waals surface area contributed by atoms with Gasteiger partial charge in [0.1, 0.15) is 24.9 Å². The molecule has 1 N–H and O–H groups in total. The topological polar surface area (TPSA) is 134 Å². The molecule has 0 saturated carbocycles. The van der Waals surface area contributed by atoms with Crippen molar-refractivity contribution >= 4 is 58.7 Å². The molecule has 59 heavy (non-hydrogen) atoms. The highest BCUT2D eigenvalue weighted by molar-refractivity contribution is 6.76. The number of amides is 2. The molecule has 302 valence electrons. The number of carbonyl (C=O) groups is 3. The van der Waals surface area contributed by atoms with E-state index < -0.39 is 58.3 Å². The van der Waals surface area contributed by atoms with E-state index in [0.29, 0.717) is 0 Å². The summed E-state index contributed by atoms with van der Waals surface area (Å²) in [5, 5.41) is 8.52. The Bertz CT molecular complexity index is 2260. The second-order valence-corrected chi connectivity index (χ2v) is 16.4. The molecule has 8 rings (SSSR count). The normalized spacial score (nSPS) is 21.1. The maximum atomic E-state index is 14.2. The summed E-state index contributed by atoms with van der Waals surface area (Å²) in [5.41, 5.74) is 5.92. The number of carbonyl (C=O) groups excluding carboxylic acids is 3. The summed E-state index contributed by atoms with van der Waals surface area (Å²) < 4.78 is 34.8. The van der Waals surface area contributed by atoms with E-state index in [0.717, 1.165) is 38.3 Å². The third-order valence-electron chi connectivity index (χ3n) is 10.5. The van der Waals surface area contributed by atoms with E-state index in [9.17, 15) is 14.4 Å². The molecule has 0 radical (unpaired) electrons. The zero-order chi connectivity index (χ0) is 41.1. The Labute approximate surface area is 355 Å². The Morgan fingerprint density at radius 1 is 0.644 bits per heavy atom. The largest absolute Gasteiger partial charge is 0.508 e. The molecule has 1 fully saturated rings. The molecule has 5 aromatic rings. The molecule has 2 aliphatic heterocycles. The van der Waals surface area contributed by atoms with Gasteiger partial charge in [0, 0.05) is 5.92 Å². The van der Waals surface area contributed by atoms with Crippen LogP contribution in [0.1, 0.15) is 48.9 Å². The van der Waals surface area contributed by atoms with Gasteiger partial charge in [0.15, 0.2) is 6.10 Å². The van der Waals surface area contributed by atoms with Gasteiger partial charge < -0.3 is 28.4 Å². The van der Waals surface area contributed by atoms with Crippen molar-refractivity contribution in [2.45, 2.75) is 53.6 Å². The van der Waals surface area contributed by atoms with Crippen molar-refractivity contribution in [1.29, 1.82) is 5.41 Å². The van der Waals surface area contributed by atoms with Gasteiger partial charge in [0.25, 0.3) is 15.6 Å². The first-order valence-corrected chi connectivity index (χ1v) is 20.0. The first kappa shape index (κ1) is 40.5. The van der Waals surface area contributed by atoms with Gasteiger partial charge in [-0.05, 0) is 45.5 Å². The van der Waals surface area contributed by atoms with Crippen LogP contribution in [0, 0.1) is 5.41 Å². The van der Waals surface area contributed by atoms with Gasteiger partial charge in [0.05, 0.1) is 30.9 Å². The number of nitrogens with zero attached hydrogens (tertiary/aromatic N) is 1. The molecular weight excluding hydrogens is 819 g/mol. The van der Waals surface area contributed by atoms with Crippen molar-refractivity contribution in [1.82, 2.24) is 4.90 Å². The number of imide groups is 1. The Hall–Kier alpha value is -5.27. The average molecular weight is 856 g/mol. The highest BCUT2D eigenvalue weighted by atomic mass is 35.6. The highest BCUT2D eigenvalue weighted by Gasteiger charge is 2.57. The predicted octanol–water partition coefficient (Wildman–Crippen LogP) is 8.88. The summed E-state index contributed by atoms with van der Waals surface area (Å²) in [6.45, 7) is -0.191. The van der Waals surface area contributed by atoms with E-state index in [1.165, 1.54) is 12.1 Å². The smallest absolute Gasteiger partial charge is 0.446 e. The molecule has 2 amide bonds. The fourth-order valence-electron chi connectivity index (χ4n) is 7.76. The summed E-state index contributed by atoms with van der Waals surface area (Å²) in [6.07, 6.45) is -6.68. The number of benzene rings is 5. The van der Waals surface area contributed by atoms with Gasteiger partial charge in [-0.2, -0.15) is 0 Å². The minimum atomic E-state index is -2.36. The second kappa shape index (κ2) is 17.5. The van der Waals surface area contributed by atoms with E-state index in [1.807, 2.05) is 109 Å². The lowest BCUT2D eigenvalue weighted by Gasteiger charge is -2.47. The number of ether oxygens (including phenoxy) is 6. The fourth-order valence-corrected chi connectivity index (χ4v) is 7.89. The molecule has 2 heterocycles. The first-order chi connectivity index (χ1) is 28.6. The third kappa shape index (κ3) is 8.58. The molecule has 0 spiro atoms. The molecule has 0 bridgehead atoms. The number of nitrogens with one attached hydrogen (secondary N) is 1. The van der Waals surface area contributed by atoms with Crippen molar-refractivity contribution in [2.24, 2.45) is 0 Å². The van der Waals surface area contributed by atoms with E-state index >= 15 is 0 Å². The van der Waals surface area contributed by atoms with Crippen molar-refractivity contribution in [3.8, 4) is 11.1 Å². The maximum Gasteiger partial charge on any atom is 0.508 e. The van der Waals surface area contributed by atoms with Crippen LogP contribution >= 0.6 is 34.8 Å². The predicted molar refractivity (Wildman–Crippen MR) is 220 cm³/mol. The van der Waals surface area contributed by atoms with Gasteiger partial charge in [0.2, 0.25) is 12.2 Å². The van der Waals surface area contributed by atoms with E-state index in [1.54, 1.807) is 12.1 Å². The van der Waals surface area contributed by atoms with Crippen LogP contribution in [0.3, 0.4) is 0 Å². The quantitative estimate of drug-likeness (QED) is 0.0430. The molecule has 11 nitrogen and oxygen atoms in total. The molecule has 14 heteroatoms. The SMILES string of the molecule is N=C(O[C@@H]1O[C@H](COCc2ccccc2)[C@@H](OC(=O)OCC2c3ccccc3-c3ccccc32)[C@H](OCc2ccccc2)[C@H]1N1C(=O)c2ccccc2C1=O)C(Cl)(Cl)Cl. The standard InChI is InChI=1S/C45H37Cl3N2O9/c46-45(47,48)43(49)59-42-37(50-40(51)33-21-11-12-22-34(33)41(50)52)39(55-24-28-15-5-2-6-16-28)38(36(57-42)26-54-23-27-13-3-1-4-14-27)58-44(53)56-25-35-31-19-9-7-17-29(31)30-18-8-10-20-32(30)35/h1-22,35-39,42,49H,23-26H2/t36-,37-,38-,39-,42+/m1/s1. The fraction of sp³-hybridized carbons (Fsp3) is 0.244. The molecule has 0 unspecified atom stereocenters. The van der Waals surface area contributed by atoms with E-state index in [2.05, 4.69) is 0 Å². The monoisotopic (exact) mass is 854 g/mol. The summed E-state index contributed by atoms with van der Waals surface area (Å²) in [4.78, 5) is 43.3. The van der Waals surface area contributed by atoms with Gasteiger partial charge in [-0.3, -0.25) is 19.9 Å². The minimum absolute atomic E-state index is 0.0564. The van der Waals surface area contributed by atoms with Crippen LogP contribution in [0.5, 0.6) is 0 Å². The zero-order valence-corrected chi connectivity index (χ0v) is 33.5. The van der Waals surface area contributed by atoms with Gasteiger partial charge >= 0.3 is 6.16 Å². The van der Waals surface area contributed by atoms with Gasteiger partial charge in [-0.15, -0.1) is 0 Å². The Kier molecular flexibility index (Phi) is 12.0. The highest BCUT2D eigenvalue weighted by Crippen LogP contribution is 2.45. The van der Waals surface area contributed by atoms with Crippen molar-refractivity contribution in [2.75, 3.05) is 13.2 Å². The maximum absolute atomic E-state index is 14.2. The molecule has 3 aliphatic rings. The van der Waals surface area contributed by atoms with Crippen LogP contribution in [-0.4, -0.2) is 76.4 Å². The molecular formula is C45H37Cl3N2O9. The van der Waals surface area contributed by atoms with Crippen LogP contribution in [0.4, 0.5) is 4.79 Å². The lowest BCUT2D eigenvalue weighted by molar-refractivity contribution is -0.273. The molecule has 1 aliphatic carbocycles. The summed E-state index contributed by atoms with van der Waals surface area (Å²) >= 11 is 18.3. The van der Waals surface area contributed by atoms with E-state index in [4.69, 9.17) is 68.6 Å². The third-order valence-corrected chi connectivity index (χ3v) is 11.0. The van der Waals surface area contributed by atoms with Gasteiger partial charge in [-0.1, -0.05) is 156 Å². The molecule has 5 atom stereocenters. The Balaban J connectivity index is 1.15. The first-order valence-electron chi connectivity index (χ1n) is 18.8. The molecule has 5 aromatic carbocycles. The Morgan fingerprint density at radius 2 is 1.15 bits per heavy atom. The zero-order valence-electron chi connectivity index (χ0n) is 31.2. The Morgan fingerprint density at radius 3 is 1.71 bits per heavy atom. The number of halogens is 3. The number of hydrogen-bond donors (Lipinski definition) is 1. The van der Waals surface area contributed by atoms with Crippen LogP contribution < -0.4 is 0 Å². The molecule has 0 aromatic heterocycles. The van der Waals surface area contributed by atoms with Crippen LogP contribution in [0.15, 0.2) is 133 Å². The lowest BCUT2D eigenvalue weighted by Crippen LogP contribution is -2.67. The van der Waals surface area contributed by atoms with Crippen LogP contribution in [0.25, 0.3) is 11.1 Å². The second-order valence-electron chi connectivity index (χ2n) is 14.1. The van der Waals surface area contributed by atoms with Gasteiger partial charge in [-0.25, -0.2) is 4.79 Å². The minimum Gasteiger partial charge on any atom is -0.446 e. The van der Waals surface area contributed by atoms with Crippen LogP contribution in [0.2, 0.25) is 0 Å². The van der Waals surface area contributed by atoms with Crippen molar-refractivity contribution < 1.29 is 42.8 Å². The number of alkyl halides is 3. The summed E-state index contributed by atoms with van der Waals surface area (Å²) in [7, 11) is 0. The number of fused-ring (bicyclic) bond motifs is 4. The lowest BCUT2D eigenvalue weighted by atomic mass is 9.94. The van der Waals surface area contributed by atoms with Crippen molar-refractivity contribution in [3.63, 3.8) is 0 Å². The summed E-state index contributed by atoms with van der Waals surface area (Å²) in [5.74, 6) is -2.51. The van der Waals surface area contributed by atoms with E-state index in [-0.39, 0.29) is 43.5 Å². The number of hydrogen-bond acceptors (Lipinski definition) is 10. The number of rotatable bonds is 12. The average Bonchev–Trinajstić information content (AvgIpc) is 3.70. The van der Waals surface area contributed by atoms with Crippen LogP contribution in [-0.2, 0) is 41.6 Å².